The van der Waals surface area contributed by atoms with Gasteiger partial charge in [0.05, 0.1) is 26.9 Å². The number of carbonyl (C=O) groups excluding carboxylic acids is 1. The lowest BCUT2D eigenvalue weighted by atomic mass is 9.87. The topological polar surface area (TPSA) is 71.0 Å². The molecule has 1 heterocycles. The summed E-state index contributed by atoms with van der Waals surface area (Å²) < 4.78 is 10.6. The van der Waals surface area contributed by atoms with E-state index in [4.69, 9.17) is 9.47 Å². The van der Waals surface area contributed by atoms with E-state index in [-0.39, 0.29) is 11.8 Å². The molecule has 1 fully saturated rings. The molecule has 162 valence electrons. The number of amides is 1. The highest BCUT2D eigenvalue weighted by Crippen LogP contribution is 2.30. The number of rotatable bonds is 9. The number of hydrogen-bond donors (Lipinski definition) is 2. The van der Waals surface area contributed by atoms with Crippen molar-refractivity contribution >= 4 is 5.91 Å². The predicted octanol–water partition coefficient (Wildman–Crippen LogP) is 2.81. The Kier molecular flexibility index (Phi) is 8.11. The van der Waals surface area contributed by atoms with Crippen molar-refractivity contribution in [3.8, 4) is 11.5 Å². The minimum atomic E-state index is -0.427. The Balaban J connectivity index is 1.38. The summed E-state index contributed by atoms with van der Waals surface area (Å²) in [5.74, 6) is 1.68. The SMILES string of the molecule is COc1ccc(CCNC(=O)CN2CCC(C(O)c3ccccc3)CC2)cc1OC. The monoisotopic (exact) mass is 412 g/mol. The molecule has 1 atom stereocenters. The van der Waals surface area contributed by atoms with Crippen molar-refractivity contribution in [2.24, 2.45) is 5.92 Å². The summed E-state index contributed by atoms with van der Waals surface area (Å²) in [6, 6.07) is 15.6. The first kappa shape index (κ1) is 22.1. The van der Waals surface area contributed by atoms with Crippen LogP contribution in [0.4, 0.5) is 0 Å². The molecule has 0 spiro atoms. The van der Waals surface area contributed by atoms with Crippen LogP contribution in [-0.4, -0.2) is 56.3 Å². The van der Waals surface area contributed by atoms with Gasteiger partial charge in [-0.05, 0) is 61.5 Å². The van der Waals surface area contributed by atoms with Crippen LogP contribution in [0.3, 0.4) is 0 Å². The van der Waals surface area contributed by atoms with Gasteiger partial charge in [0, 0.05) is 6.54 Å². The fourth-order valence-electron chi connectivity index (χ4n) is 3.99. The Bertz CT molecular complexity index is 804. The van der Waals surface area contributed by atoms with Gasteiger partial charge < -0.3 is 19.9 Å². The van der Waals surface area contributed by atoms with Crippen molar-refractivity contribution in [3.05, 3.63) is 59.7 Å². The zero-order chi connectivity index (χ0) is 21.3. The quantitative estimate of drug-likeness (QED) is 0.663. The van der Waals surface area contributed by atoms with Gasteiger partial charge in [-0.25, -0.2) is 0 Å². The smallest absolute Gasteiger partial charge is 0.234 e. The largest absolute Gasteiger partial charge is 0.493 e. The Hall–Kier alpha value is -2.57. The molecule has 0 aromatic heterocycles. The van der Waals surface area contributed by atoms with E-state index >= 15 is 0 Å². The number of piperidine rings is 1. The summed E-state index contributed by atoms with van der Waals surface area (Å²) in [5, 5.41) is 13.6. The minimum absolute atomic E-state index is 0.0394. The molecular formula is C24H32N2O4. The van der Waals surface area contributed by atoms with Gasteiger partial charge in [-0.1, -0.05) is 36.4 Å². The molecule has 3 rings (SSSR count). The van der Waals surface area contributed by atoms with E-state index in [0.717, 1.165) is 43.5 Å². The highest BCUT2D eigenvalue weighted by Gasteiger charge is 2.26. The number of nitrogens with one attached hydrogen (secondary N) is 1. The van der Waals surface area contributed by atoms with Gasteiger partial charge in [-0.2, -0.15) is 0 Å². The number of methoxy groups -OCH3 is 2. The molecule has 2 N–H and O–H groups in total. The van der Waals surface area contributed by atoms with E-state index in [9.17, 15) is 9.90 Å². The van der Waals surface area contributed by atoms with Gasteiger partial charge in [0.1, 0.15) is 0 Å². The van der Waals surface area contributed by atoms with Crippen LogP contribution < -0.4 is 14.8 Å². The Morgan fingerprint density at radius 3 is 2.47 bits per heavy atom. The van der Waals surface area contributed by atoms with E-state index in [1.165, 1.54) is 0 Å². The molecule has 1 unspecified atom stereocenters. The molecule has 0 aliphatic carbocycles. The van der Waals surface area contributed by atoms with Crippen LogP contribution >= 0.6 is 0 Å². The summed E-state index contributed by atoms with van der Waals surface area (Å²) in [6.07, 6.45) is 2.10. The number of hydrogen-bond acceptors (Lipinski definition) is 5. The number of carbonyl (C=O) groups is 1. The second-order valence-electron chi connectivity index (χ2n) is 7.76. The Morgan fingerprint density at radius 2 is 1.80 bits per heavy atom. The number of benzene rings is 2. The molecule has 6 heteroatoms. The standard InChI is InChI=1S/C24H32N2O4/c1-29-21-9-8-18(16-22(21)30-2)10-13-25-23(27)17-26-14-11-20(12-15-26)24(28)19-6-4-3-5-7-19/h3-9,16,20,24,28H,10-15,17H2,1-2H3,(H,25,27). The van der Waals surface area contributed by atoms with Crippen molar-refractivity contribution < 1.29 is 19.4 Å². The van der Waals surface area contributed by atoms with Gasteiger partial charge in [0.15, 0.2) is 11.5 Å². The second kappa shape index (κ2) is 11.0. The molecule has 1 aliphatic rings. The van der Waals surface area contributed by atoms with Crippen molar-refractivity contribution in [1.82, 2.24) is 10.2 Å². The number of aliphatic hydroxyl groups is 1. The molecular weight excluding hydrogens is 380 g/mol. The molecule has 1 saturated heterocycles. The fraction of sp³-hybridized carbons (Fsp3) is 0.458. The summed E-state index contributed by atoms with van der Waals surface area (Å²) in [6.45, 7) is 2.65. The van der Waals surface area contributed by atoms with Crippen LogP contribution in [0.1, 0.15) is 30.1 Å². The zero-order valence-corrected chi connectivity index (χ0v) is 17.8. The Morgan fingerprint density at radius 1 is 1.10 bits per heavy atom. The number of likely N-dealkylation sites (tertiary alicyclic amines) is 1. The van der Waals surface area contributed by atoms with Crippen LogP contribution in [0.2, 0.25) is 0 Å². The van der Waals surface area contributed by atoms with Crippen LogP contribution in [0.5, 0.6) is 11.5 Å². The van der Waals surface area contributed by atoms with Crippen LogP contribution in [-0.2, 0) is 11.2 Å². The maximum atomic E-state index is 12.3. The number of ether oxygens (including phenoxy) is 2. The lowest BCUT2D eigenvalue weighted by Crippen LogP contribution is -2.42. The highest BCUT2D eigenvalue weighted by atomic mass is 16.5. The van der Waals surface area contributed by atoms with E-state index in [2.05, 4.69) is 10.2 Å². The molecule has 30 heavy (non-hydrogen) atoms. The number of aliphatic hydroxyl groups excluding tert-OH is 1. The predicted molar refractivity (Wildman–Crippen MR) is 117 cm³/mol. The lowest BCUT2D eigenvalue weighted by Gasteiger charge is -2.34. The summed E-state index contributed by atoms with van der Waals surface area (Å²) in [7, 11) is 3.23. The average Bonchev–Trinajstić information content (AvgIpc) is 2.79. The molecule has 0 saturated carbocycles. The first-order valence-corrected chi connectivity index (χ1v) is 10.5. The molecule has 6 nitrogen and oxygen atoms in total. The molecule has 0 bridgehead atoms. The van der Waals surface area contributed by atoms with Crippen molar-refractivity contribution in [3.63, 3.8) is 0 Å². The molecule has 1 amide bonds. The van der Waals surface area contributed by atoms with E-state index in [1.54, 1.807) is 14.2 Å². The molecule has 1 aliphatic heterocycles. The first-order chi connectivity index (χ1) is 14.6. The summed E-state index contributed by atoms with van der Waals surface area (Å²) in [4.78, 5) is 14.5. The van der Waals surface area contributed by atoms with Crippen LogP contribution in [0.25, 0.3) is 0 Å². The molecule has 0 radical (unpaired) electrons. The van der Waals surface area contributed by atoms with E-state index in [1.807, 2.05) is 48.5 Å². The summed E-state index contributed by atoms with van der Waals surface area (Å²) in [5.41, 5.74) is 2.06. The number of nitrogens with zero attached hydrogens (tertiary/aromatic N) is 1. The maximum Gasteiger partial charge on any atom is 0.234 e. The average molecular weight is 413 g/mol. The first-order valence-electron chi connectivity index (χ1n) is 10.5. The van der Waals surface area contributed by atoms with Gasteiger partial charge >= 0.3 is 0 Å². The Labute approximate surface area is 178 Å². The van der Waals surface area contributed by atoms with Crippen molar-refractivity contribution in [1.29, 1.82) is 0 Å². The highest BCUT2D eigenvalue weighted by molar-refractivity contribution is 5.78. The fourth-order valence-corrected chi connectivity index (χ4v) is 3.99. The van der Waals surface area contributed by atoms with E-state index < -0.39 is 6.10 Å². The summed E-state index contributed by atoms with van der Waals surface area (Å²) >= 11 is 0. The van der Waals surface area contributed by atoms with E-state index in [0.29, 0.717) is 24.6 Å². The van der Waals surface area contributed by atoms with Gasteiger partial charge in [0.2, 0.25) is 5.91 Å². The third-order valence-electron chi connectivity index (χ3n) is 5.77. The molecule has 2 aromatic carbocycles. The van der Waals surface area contributed by atoms with Gasteiger partial charge in [-0.3, -0.25) is 9.69 Å². The second-order valence-corrected chi connectivity index (χ2v) is 7.76. The van der Waals surface area contributed by atoms with Crippen LogP contribution in [0, 0.1) is 5.92 Å². The van der Waals surface area contributed by atoms with Gasteiger partial charge in [0.25, 0.3) is 0 Å². The van der Waals surface area contributed by atoms with Crippen molar-refractivity contribution in [2.75, 3.05) is 40.4 Å². The molecule has 2 aromatic rings. The third kappa shape index (κ3) is 5.97. The normalized spacial score (nSPS) is 16.1. The van der Waals surface area contributed by atoms with Crippen molar-refractivity contribution in [2.45, 2.75) is 25.4 Å². The zero-order valence-electron chi connectivity index (χ0n) is 17.8. The lowest BCUT2D eigenvalue weighted by molar-refractivity contribution is -0.122. The third-order valence-corrected chi connectivity index (χ3v) is 5.77. The minimum Gasteiger partial charge on any atom is -0.493 e. The van der Waals surface area contributed by atoms with Crippen LogP contribution in [0.15, 0.2) is 48.5 Å². The van der Waals surface area contributed by atoms with Gasteiger partial charge in [-0.15, -0.1) is 0 Å². The maximum absolute atomic E-state index is 12.3.